The van der Waals surface area contributed by atoms with Crippen LogP contribution < -0.4 is 5.32 Å². The Balaban J connectivity index is 2.72. The van der Waals surface area contributed by atoms with E-state index in [4.69, 9.17) is 11.7 Å². The van der Waals surface area contributed by atoms with Crippen molar-refractivity contribution < 1.29 is 4.39 Å². The first kappa shape index (κ1) is 11.2. The third-order valence-corrected chi connectivity index (χ3v) is 2.01. The molecule has 0 aromatic heterocycles. The van der Waals surface area contributed by atoms with Gasteiger partial charge in [0.05, 0.1) is 11.6 Å². The Morgan fingerprint density at radius 1 is 1.60 bits per heavy atom. The summed E-state index contributed by atoms with van der Waals surface area (Å²) in [5.74, 6) is 2.03. The predicted molar refractivity (Wildman–Crippen MR) is 56.2 cm³/mol. The van der Waals surface area contributed by atoms with E-state index >= 15 is 0 Å². The van der Waals surface area contributed by atoms with Gasteiger partial charge in [-0.3, -0.25) is 5.32 Å². The van der Waals surface area contributed by atoms with Crippen LogP contribution in [0.1, 0.15) is 18.1 Å². The van der Waals surface area contributed by atoms with Gasteiger partial charge in [-0.2, -0.15) is 5.26 Å². The smallest absolute Gasteiger partial charge is 0.140 e. The number of nitrogens with zero attached hydrogens (tertiary/aromatic N) is 1. The first-order valence-electron chi connectivity index (χ1n) is 4.55. The van der Waals surface area contributed by atoms with Gasteiger partial charge in [0.1, 0.15) is 11.9 Å². The minimum absolute atomic E-state index is 0.0411. The maximum absolute atomic E-state index is 13.0. The zero-order chi connectivity index (χ0) is 11.3. The molecule has 1 aromatic carbocycles. The Bertz CT molecular complexity index is 426. The first-order valence-corrected chi connectivity index (χ1v) is 4.55. The minimum Gasteiger partial charge on any atom is -0.300 e. The molecule has 0 radical (unpaired) electrons. The second-order valence-corrected chi connectivity index (χ2v) is 3.20. The molecule has 1 rings (SSSR count). The van der Waals surface area contributed by atoms with Gasteiger partial charge in [-0.1, -0.05) is 12.0 Å². The molecule has 15 heavy (non-hydrogen) atoms. The summed E-state index contributed by atoms with van der Waals surface area (Å²) in [4.78, 5) is 0. The Morgan fingerprint density at radius 2 is 2.33 bits per heavy atom. The van der Waals surface area contributed by atoms with Crippen molar-refractivity contribution in [2.75, 3.05) is 0 Å². The third-order valence-electron chi connectivity index (χ3n) is 2.01. The van der Waals surface area contributed by atoms with Crippen LogP contribution in [0.2, 0.25) is 0 Å². The number of benzene rings is 1. The van der Waals surface area contributed by atoms with E-state index in [1.54, 1.807) is 12.1 Å². The molecule has 0 aliphatic rings. The Labute approximate surface area is 88.7 Å². The molecule has 0 fully saturated rings. The fourth-order valence-corrected chi connectivity index (χ4v) is 1.10. The van der Waals surface area contributed by atoms with Crippen LogP contribution in [0.4, 0.5) is 4.39 Å². The van der Waals surface area contributed by atoms with Gasteiger partial charge in [-0.15, -0.1) is 6.42 Å². The molecule has 1 aromatic rings. The van der Waals surface area contributed by atoms with Gasteiger partial charge in [0, 0.05) is 6.54 Å². The van der Waals surface area contributed by atoms with Gasteiger partial charge in [-0.25, -0.2) is 4.39 Å². The van der Waals surface area contributed by atoms with Gasteiger partial charge in [-0.05, 0) is 24.6 Å². The summed E-state index contributed by atoms with van der Waals surface area (Å²) in [6.07, 6.45) is 5.19. The summed E-state index contributed by atoms with van der Waals surface area (Å²) < 4.78 is 13.0. The molecule has 0 amide bonds. The summed E-state index contributed by atoms with van der Waals surface area (Å²) in [6.45, 7) is 2.38. The molecule has 0 saturated carbocycles. The van der Waals surface area contributed by atoms with Crippen molar-refractivity contribution in [2.24, 2.45) is 0 Å². The molecule has 1 unspecified atom stereocenters. The van der Waals surface area contributed by atoms with E-state index in [0.29, 0.717) is 6.54 Å². The highest BCUT2D eigenvalue weighted by atomic mass is 19.1. The van der Waals surface area contributed by atoms with E-state index in [2.05, 4.69) is 11.2 Å². The van der Waals surface area contributed by atoms with E-state index in [0.717, 1.165) is 5.56 Å². The third kappa shape index (κ3) is 3.09. The highest BCUT2D eigenvalue weighted by molar-refractivity contribution is 5.34. The number of nitriles is 1. The van der Waals surface area contributed by atoms with Gasteiger partial charge in [0.15, 0.2) is 0 Å². The maximum Gasteiger partial charge on any atom is 0.140 e. The summed E-state index contributed by atoms with van der Waals surface area (Å²) in [5, 5.41) is 11.7. The molecule has 76 valence electrons. The fourth-order valence-electron chi connectivity index (χ4n) is 1.10. The molecular weight excluding hydrogens is 191 g/mol. The van der Waals surface area contributed by atoms with E-state index in [1.165, 1.54) is 12.1 Å². The second-order valence-electron chi connectivity index (χ2n) is 3.20. The molecule has 1 N–H and O–H groups in total. The average Bonchev–Trinajstić information content (AvgIpc) is 2.27. The van der Waals surface area contributed by atoms with E-state index in [9.17, 15) is 4.39 Å². The maximum atomic E-state index is 13.0. The summed E-state index contributed by atoms with van der Waals surface area (Å²) in [7, 11) is 0. The first-order chi connectivity index (χ1) is 7.17. The molecule has 0 aliphatic carbocycles. The zero-order valence-electron chi connectivity index (χ0n) is 8.42. The van der Waals surface area contributed by atoms with Crippen molar-refractivity contribution in [3.8, 4) is 18.4 Å². The van der Waals surface area contributed by atoms with Crippen molar-refractivity contribution in [2.45, 2.75) is 19.5 Å². The van der Waals surface area contributed by atoms with Crippen LogP contribution >= 0.6 is 0 Å². The fraction of sp³-hybridized carbons (Fsp3) is 0.250. The molecule has 0 heterocycles. The zero-order valence-corrected chi connectivity index (χ0v) is 8.42. The number of hydrogen-bond acceptors (Lipinski definition) is 2. The highest BCUT2D eigenvalue weighted by Crippen LogP contribution is 2.09. The number of nitrogens with one attached hydrogen (secondary N) is 1. The lowest BCUT2D eigenvalue weighted by molar-refractivity contribution is 0.618. The molecule has 3 heteroatoms. The Hall–Kier alpha value is -1.84. The monoisotopic (exact) mass is 202 g/mol. The minimum atomic E-state index is -0.494. The molecule has 0 bridgehead atoms. The van der Waals surface area contributed by atoms with Crippen LogP contribution in [0.5, 0.6) is 0 Å². The standard InChI is InChI=1S/C12H11FN2/c1-3-9(2)15-8-10-4-5-12(13)11(6-10)7-14/h1,4-6,9,15H,8H2,2H3. The molecule has 0 aliphatic heterocycles. The van der Waals surface area contributed by atoms with E-state index in [1.807, 2.05) is 6.92 Å². The molecule has 0 saturated heterocycles. The molecular formula is C12H11FN2. The van der Waals surface area contributed by atoms with Crippen LogP contribution in [-0.2, 0) is 6.54 Å². The van der Waals surface area contributed by atoms with Gasteiger partial charge < -0.3 is 0 Å². The number of hydrogen-bond donors (Lipinski definition) is 1. The summed E-state index contributed by atoms with van der Waals surface area (Å²) in [5.41, 5.74) is 0.901. The van der Waals surface area contributed by atoms with Gasteiger partial charge >= 0.3 is 0 Å². The lowest BCUT2D eigenvalue weighted by Crippen LogP contribution is -2.23. The van der Waals surface area contributed by atoms with Crippen molar-refractivity contribution in [1.82, 2.24) is 5.32 Å². The Morgan fingerprint density at radius 3 is 2.93 bits per heavy atom. The van der Waals surface area contributed by atoms with Crippen LogP contribution in [-0.4, -0.2) is 6.04 Å². The van der Waals surface area contributed by atoms with Crippen molar-refractivity contribution in [3.05, 3.63) is 35.1 Å². The summed E-state index contributed by atoms with van der Waals surface area (Å²) >= 11 is 0. The van der Waals surface area contributed by atoms with E-state index in [-0.39, 0.29) is 11.6 Å². The second kappa shape index (κ2) is 5.14. The van der Waals surface area contributed by atoms with Crippen LogP contribution in [0.15, 0.2) is 18.2 Å². The lowest BCUT2D eigenvalue weighted by Gasteiger charge is -2.07. The average molecular weight is 202 g/mol. The molecule has 2 nitrogen and oxygen atoms in total. The van der Waals surface area contributed by atoms with Crippen LogP contribution in [0, 0.1) is 29.5 Å². The SMILES string of the molecule is C#CC(C)NCc1ccc(F)c(C#N)c1. The molecule has 1 atom stereocenters. The quantitative estimate of drug-likeness (QED) is 0.759. The topological polar surface area (TPSA) is 35.8 Å². The lowest BCUT2D eigenvalue weighted by atomic mass is 10.1. The van der Waals surface area contributed by atoms with Crippen molar-refractivity contribution in [1.29, 1.82) is 5.26 Å². The van der Waals surface area contributed by atoms with Crippen LogP contribution in [0.3, 0.4) is 0 Å². The summed E-state index contributed by atoms with van der Waals surface area (Å²) in [6, 6.07) is 6.19. The van der Waals surface area contributed by atoms with Crippen molar-refractivity contribution >= 4 is 0 Å². The number of rotatable bonds is 3. The predicted octanol–water partition coefficient (Wildman–Crippen LogP) is 1.81. The van der Waals surface area contributed by atoms with Gasteiger partial charge in [0.25, 0.3) is 0 Å². The van der Waals surface area contributed by atoms with E-state index < -0.39 is 5.82 Å². The number of terminal acetylenes is 1. The number of halogens is 1. The Kier molecular flexibility index (Phi) is 3.85. The normalized spacial score (nSPS) is 11.5. The largest absolute Gasteiger partial charge is 0.300 e. The van der Waals surface area contributed by atoms with Crippen LogP contribution in [0.25, 0.3) is 0 Å². The van der Waals surface area contributed by atoms with Crippen molar-refractivity contribution in [3.63, 3.8) is 0 Å². The van der Waals surface area contributed by atoms with Gasteiger partial charge in [0.2, 0.25) is 0 Å². The highest BCUT2D eigenvalue weighted by Gasteiger charge is 2.03. The molecule has 0 spiro atoms.